The third kappa shape index (κ3) is 5.85. The summed E-state index contributed by atoms with van der Waals surface area (Å²) >= 11 is 13.8. The molecule has 1 amide bonds. The summed E-state index contributed by atoms with van der Waals surface area (Å²) in [5.74, 6) is 0.546. The van der Waals surface area contributed by atoms with Crippen LogP contribution in [0.5, 0.6) is 0 Å². The zero-order valence-electron chi connectivity index (χ0n) is 15.3. The highest BCUT2D eigenvalue weighted by atomic mass is 35.5. The second-order valence-corrected chi connectivity index (χ2v) is 8.48. The molecule has 1 aromatic heterocycles. The van der Waals surface area contributed by atoms with Crippen LogP contribution in [0, 0.1) is 6.92 Å². The zero-order chi connectivity index (χ0) is 19.2. The van der Waals surface area contributed by atoms with Gasteiger partial charge in [-0.25, -0.2) is 0 Å². The van der Waals surface area contributed by atoms with Crippen LogP contribution in [0.1, 0.15) is 17.7 Å². The van der Waals surface area contributed by atoms with Crippen molar-refractivity contribution in [3.05, 3.63) is 57.8 Å². The number of halogens is 2. The van der Waals surface area contributed by atoms with Crippen molar-refractivity contribution in [2.45, 2.75) is 24.8 Å². The van der Waals surface area contributed by atoms with Crippen LogP contribution in [0.3, 0.4) is 0 Å². The molecule has 1 aliphatic heterocycles. The van der Waals surface area contributed by atoms with E-state index in [-0.39, 0.29) is 5.91 Å². The molecule has 0 spiro atoms. The fraction of sp³-hybridized carbons (Fsp3) is 0.400. The third-order valence-corrected chi connectivity index (χ3v) is 6.49. The number of benzene rings is 1. The molecule has 4 nitrogen and oxygen atoms in total. The SMILES string of the molecule is Cc1cc(SCC(=O)N2CCCN(Cc3ccccn3)CC2)c(Cl)cc1Cl. The molecule has 27 heavy (non-hydrogen) atoms. The van der Waals surface area contributed by atoms with E-state index in [0.717, 1.165) is 55.3 Å². The maximum absolute atomic E-state index is 12.7. The summed E-state index contributed by atoms with van der Waals surface area (Å²) in [5.41, 5.74) is 2.04. The Hall–Kier alpha value is -1.27. The lowest BCUT2D eigenvalue weighted by Gasteiger charge is -2.22. The molecule has 0 bridgehead atoms. The topological polar surface area (TPSA) is 36.4 Å². The highest BCUT2D eigenvalue weighted by molar-refractivity contribution is 8.00. The lowest BCUT2D eigenvalue weighted by atomic mass is 10.2. The Bertz CT molecular complexity index is 788. The largest absolute Gasteiger partial charge is 0.341 e. The summed E-state index contributed by atoms with van der Waals surface area (Å²) in [6.45, 7) is 6.17. The minimum atomic E-state index is 0.156. The molecular formula is C20H23Cl2N3OS. The first kappa shape index (κ1) is 20.5. The zero-order valence-corrected chi connectivity index (χ0v) is 17.7. The van der Waals surface area contributed by atoms with Gasteiger partial charge in [-0.05, 0) is 43.2 Å². The Kier molecular flexibility index (Phi) is 7.41. The fourth-order valence-electron chi connectivity index (χ4n) is 3.07. The van der Waals surface area contributed by atoms with Gasteiger partial charge >= 0.3 is 0 Å². The number of amides is 1. The van der Waals surface area contributed by atoms with E-state index in [1.54, 1.807) is 6.07 Å². The molecule has 1 aromatic carbocycles. The standard InChI is InChI=1S/C20H23Cl2N3OS/c1-15-11-19(18(22)12-17(15)21)27-14-20(26)25-8-4-7-24(9-10-25)13-16-5-2-3-6-23-16/h2-3,5-6,11-12H,4,7-10,13-14H2,1H3. The van der Waals surface area contributed by atoms with Crippen LogP contribution >= 0.6 is 35.0 Å². The Balaban J connectivity index is 1.51. The molecular weight excluding hydrogens is 401 g/mol. The smallest absolute Gasteiger partial charge is 0.232 e. The predicted molar refractivity (Wildman–Crippen MR) is 113 cm³/mol. The van der Waals surface area contributed by atoms with E-state index in [2.05, 4.69) is 9.88 Å². The van der Waals surface area contributed by atoms with E-state index in [1.165, 1.54) is 11.8 Å². The molecule has 0 radical (unpaired) electrons. The Morgan fingerprint density at radius 3 is 2.78 bits per heavy atom. The van der Waals surface area contributed by atoms with Gasteiger partial charge in [-0.1, -0.05) is 29.3 Å². The lowest BCUT2D eigenvalue weighted by molar-refractivity contribution is -0.128. The van der Waals surface area contributed by atoms with Crippen LogP contribution in [0.2, 0.25) is 10.0 Å². The molecule has 0 aliphatic carbocycles. The van der Waals surface area contributed by atoms with Crippen LogP contribution in [-0.4, -0.2) is 52.6 Å². The van der Waals surface area contributed by atoms with E-state index in [0.29, 0.717) is 15.8 Å². The molecule has 3 rings (SSSR count). The fourth-order valence-corrected chi connectivity index (χ4v) is 4.54. The van der Waals surface area contributed by atoms with Crippen molar-refractivity contribution in [3.63, 3.8) is 0 Å². The van der Waals surface area contributed by atoms with E-state index >= 15 is 0 Å². The van der Waals surface area contributed by atoms with Crippen molar-refractivity contribution in [1.82, 2.24) is 14.8 Å². The number of aromatic nitrogens is 1. The van der Waals surface area contributed by atoms with Gasteiger partial charge in [0.2, 0.25) is 5.91 Å². The number of hydrogen-bond acceptors (Lipinski definition) is 4. The first-order valence-electron chi connectivity index (χ1n) is 9.01. The first-order chi connectivity index (χ1) is 13.0. The maximum atomic E-state index is 12.7. The Morgan fingerprint density at radius 1 is 1.15 bits per heavy atom. The highest BCUT2D eigenvalue weighted by Gasteiger charge is 2.20. The average Bonchev–Trinajstić information content (AvgIpc) is 2.90. The van der Waals surface area contributed by atoms with Crippen molar-refractivity contribution >= 4 is 40.9 Å². The molecule has 0 saturated carbocycles. The predicted octanol–water partition coefficient (Wildman–Crippen LogP) is 4.52. The number of carbonyl (C=O) groups is 1. The van der Waals surface area contributed by atoms with Crippen molar-refractivity contribution < 1.29 is 4.79 Å². The number of rotatable bonds is 5. The summed E-state index contributed by atoms with van der Waals surface area (Å²) in [6.07, 6.45) is 2.80. The van der Waals surface area contributed by atoms with Gasteiger partial charge in [0.05, 0.1) is 16.5 Å². The molecule has 1 fully saturated rings. The van der Waals surface area contributed by atoms with Gasteiger partial charge < -0.3 is 4.90 Å². The quantitative estimate of drug-likeness (QED) is 0.662. The molecule has 2 heterocycles. The van der Waals surface area contributed by atoms with Gasteiger partial charge in [0.15, 0.2) is 0 Å². The van der Waals surface area contributed by atoms with Gasteiger partial charge in [0.1, 0.15) is 0 Å². The summed E-state index contributed by atoms with van der Waals surface area (Å²) in [6, 6.07) is 9.67. The molecule has 1 aliphatic rings. The number of pyridine rings is 1. The highest BCUT2D eigenvalue weighted by Crippen LogP contribution is 2.32. The second-order valence-electron chi connectivity index (χ2n) is 6.65. The minimum Gasteiger partial charge on any atom is -0.341 e. The number of nitrogens with zero attached hydrogens (tertiary/aromatic N) is 3. The third-order valence-electron chi connectivity index (χ3n) is 4.62. The van der Waals surface area contributed by atoms with Gasteiger partial charge in [0, 0.05) is 48.8 Å². The maximum Gasteiger partial charge on any atom is 0.232 e. The van der Waals surface area contributed by atoms with Gasteiger partial charge in [-0.2, -0.15) is 0 Å². The first-order valence-corrected chi connectivity index (χ1v) is 10.8. The average molecular weight is 424 g/mol. The molecule has 1 saturated heterocycles. The van der Waals surface area contributed by atoms with E-state index in [1.807, 2.05) is 42.3 Å². The van der Waals surface area contributed by atoms with Gasteiger partial charge in [-0.15, -0.1) is 11.8 Å². The summed E-state index contributed by atoms with van der Waals surface area (Å²) < 4.78 is 0. The van der Waals surface area contributed by atoms with Crippen molar-refractivity contribution in [2.75, 3.05) is 31.9 Å². The van der Waals surface area contributed by atoms with Crippen LogP contribution in [-0.2, 0) is 11.3 Å². The Labute approximate surface area is 174 Å². The van der Waals surface area contributed by atoms with Crippen LogP contribution in [0.4, 0.5) is 0 Å². The van der Waals surface area contributed by atoms with E-state index in [9.17, 15) is 4.79 Å². The summed E-state index contributed by atoms with van der Waals surface area (Å²) in [4.78, 5) is 22.3. The molecule has 2 aromatic rings. The second kappa shape index (κ2) is 9.78. The lowest BCUT2D eigenvalue weighted by Crippen LogP contribution is -2.36. The van der Waals surface area contributed by atoms with Gasteiger partial charge in [0.25, 0.3) is 0 Å². The van der Waals surface area contributed by atoms with Crippen molar-refractivity contribution in [1.29, 1.82) is 0 Å². The van der Waals surface area contributed by atoms with Crippen LogP contribution in [0.25, 0.3) is 0 Å². The minimum absolute atomic E-state index is 0.156. The van der Waals surface area contributed by atoms with E-state index < -0.39 is 0 Å². The number of hydrogen-bond donors (Lipinski definition) is 0. The normalized spacial score (nSPS) is 15.6. The van der Waals surface area contributed by atoms with Gasteiger partial charge in [-0.3, -0.25) is 14.7 Å². The molecule has 0 unspecified atom stereocenters. The van der Waals surface area contributed by atoms with E-state index in [4.69, 9.17) is 23.2 Å². The molecule has 144 valence electrons. The molecule has 7 heteroatoms. The number of thioether (sulfide) groups is 1. The Morgan fingerprint density at radius 2 is 2.00 bits per heavy atom. The number of carbonyl (C=O) groups excluding carboxylic acids is 1. The summed E-state index contributed by atoms with van der Waals surface area (Å²) in [7, 11) is 0. The van der Waals surface area contributed by atoms with Crippen LogP contribution in [0.15, 0.2) is 41.4 Å². The van der Waals surface area contributed by atoms with Crippen molar-refractivity contribution in [2.24, 2.45) is 0 Å². The number of aryl methyl sites for hydroxylation is 1. The molecule has 0 N–H and O–H groups in total. The van der Waals surface area contributed by atoms with Crippen molar-refractivity contribution in [3.8, 4) is 0 Å². The summed E-state index contributed by atoms with van der Waals surface area (Å²) in [5, 5.41) is 1.25. The molecule has 0 atom stereocenters. The monoisotopic (exact) mass is 423 g/mol. The van der Waals surface area contributed by atoms with Crippen LogP contribution < -0.4 is 0 Å².